The van der Waals surface area contributed by atoms with Gasteiger partial charge in [0.25, 0.3) is 0 Å². The third-order valence-electron chi connectivity index (χ3n) is 2.70. The van der Waals surface area contributed by atoms with E-state index < -0.39 is 5.97 Å². The summed E-state index contributed by atoms with van der Waals surface area (Å²) < 4.78 is 4.82. The van der Waals surface area contributed by atoms with E-state index in [0.29, 0.717) is 31.8 Å². The molecule has 1 aromatic rings. The smallest absolute Gasteiger partial charge is 0.317 e. The van der Waals surface area contributed by atoms with Crippen LogP contribution in [0.5, 0.6) is 0 Å². The summed E-state index contributed by atoms with van der Waals surface area (Å²) >= 11 is 0. The second-order valence-corrected chi connectivity index (χ2v) is 4.60. The topological polar surface area (TPSA) is 109 Å². The average Bonchev–Trinajstić information content (AvgIpc) is 2.86. The summed E-state index contributed by atoms with van der Waals surface area (Å²) in [4.78, 5) is 27.9. The van der Waals surface area contributed by atoms with E-state index >= 15 is 0 Å². The van der Waals surface area contributed by atoms with Gasteiger partial charge in [0.2, 0.25) is 5.89 Å². The molecule has 2 amide bonds. The number of aromatic nitrogens is 2. The summed E-state index contributed by atoms with van der Waals surface area (Å²) in [5.74, 6) is -0.391. The summed E-state index contributed by atoms with van der Waals surface area (Å²) in [5.41, 5.74) is 0. The van der Waals surface area contributed by atoms with Crippen LogP contribution < -0.4 is 5.32 Å². The Morgan fingerprint density at radius 2 is 2.25 bits per heavy atom. The predicted octanol–water partition coefficient (Wildman–Crippen LogP) is 0.897. The Morgan fingerprint density at radius 1 is 1.50 bits per heavy atom. The molecule has 0 saturated heterocycles. The lowest BCUT2D eigenvalue weighted by molar-refractivity contribution is -0.137. The van der Waals surface area contributed by atoms with Crippen molar-refractivity contribution < 1.29 is 19.2 Å². The van der Waals surface area contributed by atoms with Gasteiger partial charge in [-0.2, -0.15) is 4.98 Å². The van der Waals surface area contributed by atoms with Gasteiger partial charge in [-0.25, -0.2) is 4.79 Å². The minimum atomic E-state index is -0.856. The van der Waals surface area contributed by atoms with Gasteiger partial charge in [-0.1, -0.05) is 5.16 Å². The van der Waals surface area contributed by atoms with Crippen LogP contribution in [-0.2, 0) is 11.2 Å². The van der Waals surface area contributed by atoms with E-state index in [9.17, 15) is 9.59 Å². The third-order valence-corrected chi connectivity index (χ3v) is 2.70. The van der Waals surface area contributed by atoms with Crippen LogP contribution in [0.4, 0.5) is 4.79 Å². The molecule has 20 heavy (non-hydrogen) atoms. The van der Waals surface area contributed by atoms with Crippen LogP contribution in [0, 0.1) is 0 Å². The molecular formula is C12H20N4O4. The number of carboxylic acid groups (broad SMARTS) is 1. The molecule has 0 fully saturated rings. The first kappa shape index (κ1) is 15.9. The molecule has 0 spiro atoms. The number of carbonyl (C=O) groups is 2. The van der Waals surface area contributed by atoms with Gasteiger partial charge < -0.3 is 19.8 Å². The van der Waals surface area contributed by atoms with Crippen LogP contribution >= 0.6 is 0 Å². The number of hydrogen-bond acceptors (Lipinski definition) is 5. The number of nitrogens with one attached hydrogen (secondary N) is 1. The zero-order chi connectivity index (χ0) is 15.0. The van der Waals surface area contributed by atoms with Gasteiger partial charge >= 0.3 is 12.0 Å². The maximum Gasteiger partial charge on any atom is 0.317 e. The summed E-state index contributed by atoms with van der Waals surface area (Å²) in [6, 6.07) is -0.211. The van der Waals surface area contributed by atoms with Crippen LogP contribution in [0.15, 0.2) is 10.9 Å². The quantitative estimate of drug-likeness (QED) is 0.734. The monoisotopic (exact) mass is 284 g/mol. The van der Waals surface area contributed by atoms with Gasteiger partial charge in [-0.3, -0.25) is 4.79 Å². The Bertz CT molecular complexity index is 419. The van der Waals surface area contributed by atoms with Crippen LogP contribution in [-0.4, -0.2) is 51.3 Å². The average molecular weight is 284 g/mol. The van der Waals surface area contributed by atoms with Crippen molar-refractivity contribution in [3.8, 4) is 0 Å². The van der Waals surface area contributed by atoms with Gasteiger partial charge in [-0.15, -0.1) is 0 Å². The summed E-state index contributed by atoms with van der Waals surface area (Å²) in [5, 5.41) is 14.8. The fourth-order valence-electron chi connectivity index (χ4n) is 1.68. The molecule has 0 bridgehead atoms. The number of carbonyl (C=O) groups excluding carboxylic acids is 1. The molecule has 0 atom stereocenters. The Morgan fingerprint density at radius 3 is 2.80 bits per heavy atom. The van der Waals surface area contributed by atoms with Crippen molar-refractivity contribution in [3.05, 3.63) is 12.2 Å². The molecule has 8 nitrogen and oxygen atoms in total. The largest absolute Gasteiger partial charge is 0.481 e. The molecule has 2 N–H and O–H groups in total. The Balaban J connectivity index is 2.33. The number of aliphatic carboxylic acids is 1. The van der Waals surface area contributed by atoms with E-state index in [0.717, 1.165) is 0 Å². The Kier molecular flexibility index (Phi) is 6.48. The molecule has 0 radical (unpaired) electrons. The molecule has 1 rings (SSSR count). The highest BCUT2D eigenvalue weighted by Crippen LogP contribution is 2.03. The van der Waals surface area contributed by atoms with E-state index in [2.05, 4.69) is 15.5 Å². The molecule has 0 aliphatic carbocycles. The van der Waals surface area contributed by atoms with Gasteiger partial charge in [0.15, 0.2) is 6.33 Å². The molecule has 0 aliphatic heterocycles. The van der Waals surface area contributed by atoms with Crippen molar-refractivity contribution in [2.24, 2.45) is 0 Å². The Labute approximate surface area is 117 Å². The van der Waals surface area contributed by atoms with Crippen LogP contribution in [0.25, 0.3) is 0 Å². The minimum Gasteiger partial charge on any atom is -0.481 e. The normalized spacial score (nSPS) is 10.6. The van der Waals surface area contributed by atoms with E-state index in [-0.39, 0.29) is 18.5 Å². The summed E-state index contributed by atoms with van der Waals surface area (Å²) in [6.07, 6.45) is 2.26. The molecule has 0 saturated carbocycles. The van der Waals surface area contributed by atoms with Crippen molar-refractivity contribution >= 4 is 12.0 Å². The number of carboxylic acids is 1. The number of rotatable bonds is 8. The highest BCUT2D eigenvalue weighted by Gasteiger charge is 2.16. The third kappa shape index (κ3) is 5.68. The highest BCUT2D eigenvalue weighted by atomic mass is 16.5. The first-order chi connectivity index (χ1) is 9.50. The van der Waals surface area contributed by atoms with Crippen molar-refractivity contribution in [2.45, 2.75) is 39.2 Å². The van der Waals surface area contributed by atoms with E-state index in [4.69, 9.17) is 9.63 Å². The van der Waals surface area contributed by atoms with Gasteiger partial charge in [0.1, 0.15) is 0 Å². The fraction of sp³-hybridized carbons (Fsp3) is 0.667. The molecule has 112 valence electrons. The van der Waals surface area contributed by atoms with E-state index in [1.807, 2.05) is 13.8 Å². The maximum atomic E-state index is 12.0. The Hall–Kier alpha value is -2.12. The van der Waals surface area contributed by atoms with Crippen LogP contribution in [0.3, 0.4) is 0 Å². The van der Waals surface area contributed by atoms with Gasteiger partial charge in [0, 0.05) is 32.0 Å². The predicted molar refractivity (Wildman–Crippen MR) is 70.1 cm³/mol. The second kappa shape index (κ2) is 8.13. The van der Waals surface area contributed by atoms with Gasteiger partial charge in [0.05, 0.1) is 0 Å². The lowest BCUT2D eigenvalue weighted by atomic mass is 10.2. The second-order valence-electron chi connectivity index (χ2n) is 4.60. The standard InChI is InChI=1S/C12H20N4O4/c1-9(2)16(7-3-4-11(17)18)12(19)13-6-5-10-14-8-15-20-10/h8-9H,3-7H2,1-2H3,(H,13,19)(H,17,18). The van der Waals surface area contributed by atoms with Crippen molar-refractivity contribution in [1.29, 1.82) is 0 Å². The first-order valence-electron chi connectivity index (χ1n) is 6.52. The number of amides is 2. The molecule has 8 heteroatoms. The van der Waals surface area contributed by atoms with Crippen LogP contribution in [0.1, 0.15) is 32.6 Å². The van der Waals surface area contributed by atoms with Crippen molar-refractivity contribution in [1.82, 2.24) is 20.4 Å². The van der Waals surface area contributed by atoms with Crippen molar-refractivity contribution in [3.63, 3.8) is 0 Å². The van der Waals surface area contributed by atoms with Crippen LogP contribution in [0.2, 0.25) is 0 Å². The fourth-order valence-corrected chi connectivity index (χ4v) is 1.68. The molecule has 0 aliphatic rings. The maximum absolute atomic E-state index is 12.0. The zero-order valence-electron chi connectivity index (χ0n) is 11.7. The first-order valence-corrected chi connectivity index (χ1v) is 6.52. The number of hydrogen-bond donors (Lipinski definition) is 2. The highest BCUT2D eigenvalue weighted by molar-refractivity contribution is 5.74. The van der Waals surface area contributed by atoms with Crippen molar-refractivity contribution in [2.75, 3.05) is 13.1 Å². The van der Waals surface area contributed by atoms with E-state index in [1.165, 1.54) is 6.33 Å². The summed E-state index contributed by atoms with van der Waals surface area (Å²) in [6.45, 7) is 4.58. The number of nitrogens with zero attached hydrogens (tertiary/aromatic N) is 3. The molecule has 0 unspecified atom stereocenters. The lowest BCUT2D eigenvalue weighted by Crippen LogP contribution is -2.45. The minimum absolute atomic E-state index is 0.00667. The molecule has 1 heterocycles. The summed E-state index contributed by atoms with van der Waals surface area (Å²) in [7, 11) is 0. The molecule has 0 aromatic carbocycles. The SMILES string of the molecule is CC(C)N(CCCC(=O)O)C(=O)NCCc1ncno1. The van der Waals surface area contributed by atoms with E-state index in [1.54, 1.807) is 4.90 Å². The molecule has 1 aromatic heterocycles. The zero-order valence-corrected chi connectivity index (χ0v) is 11.7. The number of urea groups is 1. The molecular weight excluding hydrogens is 264 g/mol. The lowest BCUT2D eigenvalue weighted by Gasteiger charge is -2.26. The van der Waals surface area contributed by atoms with Gasteiger partial charge in [-0.05, 0) is 20.3 Å².